The molecule has 0 amide bonds. The highest BCUT2D eigenvalue weighted by atomic mass is 32.1. The minimum atomic E-state index is -0.403. The molecule has 0 aliphatic carbocycles. The van der Waals surface area contributed by atoms with Gasteiger partial charge in [0.1, 0.15) is 6.07 Å². The standard InChI is InChI=1S/C11H11NO2S/c1-3-14-11(13)8-4-5-10(15)9(6-12)7(8)2/h4-5,15H,3H2,1-2H3. The summed E-state index contributed by atoms with van der Waals surface area (Å²) in [6.07, 6.45) is 0. The first-order chi connectivity index (χ1) is 7.11. The van der Waals surface area contributed by atoms with Crippen LogP contribution >= 0.6 is 12.6 Å². The number of rotatable bonds is 2. The van der Waals surface area contributed by atoms with Crippen LogP contribution in [0.3, 0.4) is 0 Å². The lowest BCUT2D eigenvalue weighted by atomic mass is 10.0. The van der Waals surface area contributed by atoms with Gasteiger partial charge in [-0.25, -0.2) is 4.79 Å². The SMILES string of the molecule is CCOC(=O)c1ccc(S)c(C#N)c1C. The van der Waals surface area contributed by atoms with Crippen LogP contribution in [0.2, 0.25) is 0 Å². The molecule has 0 spiro atoms. The Kier molecular flexibility index (Phi) is 3.75. The van der Waals surface area contributed by atoms with Crippen LogP contribution in [0.1, 0.15) is 28.4 Å². The van der Waals surface area contributed by atoms with Gasteiger partial charge in [-0.15, -0.1) is 12.6 Å². The zero-order chi connectivity index (χ0) is 11.4. The molecule has 0 aliphatic heterocycles. The number of carbonyl (C=O) groups excluding carboxylic acids is 1. The molecule has 0 unspecified atom stereocenters. The lowest BCUT2D eigenvalue weighted by Gasteiger charge is -2.07. The first-order valence-corrected chi connectivity index (χ1v) is 4.96. The quantitative estimate of drug-likeness (QED) is 0.616. The normalized spacial score (nSPS) is 9.47. The molecule has 0 atom stereocenters. The van der Waals surface area contributed by atoms with Gasteiger partial charge in [0, 0.05) is 4.90 Å². The van der Waals surface area contributed by atoms with Crippen LogP contribution in [0, 0.1) is 18.3 Å². The topological polar surface area (TPSA) is 50.1 Å². The number of ether oxygens (including phenoxy) is 1. The Hall–Kier alpha value is -1.47. The second-order valence-corrected chi connectivity index (χ2v) is 3.45. The van der Waals surface area contributed by atoms with Gasteiger partial charge in [0.05, 0.1) is 17.7 Å². The van der Waals surface area contributed by atoms with E-state index < -0.39 is 5.97 Å². The molecule has 1 rings (SSSR count). The molecule has 0 bridgehead atoms. The number of hydrogen-bond acceptors (Lipinski definition) is 4. The predicted molar refractivity (Wildman–Crippen MR) is 59.1 cm³/mol. The van der Waals surface area contributed by atoms with Gasteiger partial charge in [-0.1, -0.05) is 0 Å². The van der Waals surface area contributed by atoms with Crippen molar-refractivity contribution < 1.29 is 9.53 Å². The number of esters is 1. The van der Waals surface area contributed by atoms with E-state index in [1.54, 1.807) is 26.0 Å². The van der Waals surface area contributed by atoms with Crippen molar-refractivity contribution in [3.8, 4) is 6.07 Å². The van der Waals surface area contributed by atoms with Crippen molar-refractivity contribution in [2.75, 3.05) is 6.61 Å². The molecule has 0 radical (unpaired) electrons. The fourth-order valence-electron chi connectivity index (χ4n) is 1.27. The van der Waals surface area contributed by atoms with Gasteiger partial charge in [0.25, 0.3) is 0 Å². The molecule has 0 heterocycles. The van der Waals surface area contributed by atoms with E-state index in [2.05, 4.69) is 12.6 Å². The van der Waals surface area contributed by atoms with Gasteiger partial charge in [0.2, 0.25) is 0 Å². The lowest BCUT2D eigenvalue weighted by molar-refractivity contribution is 0.0525. The minimum absolute atomic E-state index is 0.322. The Labute approximate surface area is 94.1 Å². The Balaban J connectivity index is 3.23. The van der Waals surface area contributed by atoms with Gasteiger partial charge >= 0.3 is 5.97 Å². The van der Waals surface area contributed by atoms with Crippen LogP contribution in [-0.2, 0) is 4.74 Å². The Morgan fingerprint density at radius 3 is 2.80 bits per heavy atom. The summed E-state index contributed by atoms with van der Waals surface area (Å²) in [6.45, 7) is 3.78. The van der Waals surface area contributed by atoms with Crippen LogP contribution in [0.4, 0.5) is 0 Å². The van der Waals surface area contributed by atoms with Crippen molar-refractivity contribution >= 4 is 18.6 Å². The number of nitriles is 1. The Bertz CT molecular complexity index is 435. The van der Waals surface area contributed by atoms with Gasteiger partial charge in [-0.2, -0.15) is 5.26 Å². The number of hydrogen-bond donors (Lipinski definition) is 1. The van der Waals surface area contributed by atoms with Crippen molar-refractivity contribution in [2.24, 2.45) is 0 Å². The summed E-state index contributed by atoms with van der Waals surface area (Å²) in [5.74, 6) is -0.403. The van der Waals surface area contributed by atoms with Crippen molar-refractivity contribution in [3.63, 3.8) is 0 Å². The third-order valence-electron chi connectivity index (χ3n) is 2.05. The maximum atomic E-state index is 11.5. The van der Waals surface area contributed by atoms with Crippen molar-refractivity contribution in [1.82, 2.24) is 0 Å². The number of benzene rings is 1. The van der Waals surface area contributed by atoms with Gasteiger partial charge < -0.3 is 4.74 Å². The van der Waals surface area contributed by atoms with Crippen molar-refractivity contribution in [2.45, 2.75) is 18.7 Å². The average Bonchev–Trinajstić information content (AvgIpc) is 2.18. The second-order valence-electron chi connectivity index (χ2n) is 2.96. The third kappa shape index (κ3) is 2.31. The molecule has 4 heteroatoms. The summed E-state index contributed by atoms with van der Waals surface area (Å²) < 4.78 is 4.87. The highest BCUT2D eigenvalue weighted by Gasteiger charge is 2.14. The monoisotopic (exact) mass is 221 g/mol. The second kappa shape index (κ2) is 4.85. The summed E-state index contributed by atoms with van der Waals surface area (Å²) >= 11 is 4.14. The van der Waals surface area contributed by atoms with E-state index in [-0.39, 0.29) is 0 Å². The number of thiol groups is 1. The molecular weight excluding hydrogens is 210 g/mol. The summed E-state index contributed by atoms with van der Waals surface area (Å²) in [5, 5.41) is 8.88. The predicted octanol–water partition coefficient (Wildman–Crippen LogP) is 2.33. The molecule has 0 aromatic heterocycles. The maximum absolute atomic E-state index is 11.5. The van der Waals surface area contributed by atoms with Crippen LogP contribution in [0.15, 0.2) is 17.0 Å². The summed E-state index contributed by atoms with van der Waals surface area (Å²) in [4.78, 5) is 12.1. The van der Waals surface area contributed by atoms with Crippen LogP contribution in [-0.4, -0.2) is 12.6 Å². The molecule has 0 N–H and O–H groups in total. The third-order valence-corrected chi connectivity index (χ3v) is 2.42. The molecule has 1 aromatic carbocycles. The molecule has 0 aliphatic rings. The molecular formula is C11H11NO2S. The molecule has 15 heavy (non-hydrogen) atoms. The lowest BCUT2D eigenvalue weighted by Crippen LogP contribution is -2.07. The fourth-order valence-corrected chi connectivity index (χ4v) is 1.56. The zero-order valence-electron chi connectivity index (χ0n) is 8.57. The summed E-state index contributed by atoms with van der Waals surface area (Å²) in [6, 6.07) is 5.26. The molecule has 1 aromatic rings. The summed E-state index contributed by atoms with van der Waals surface area (Å²) in [7, 11) is 0. The largest absolute Gasteiger partial charge is 0.462 e. The van der Waals surface area contributed by atoms with Crippen LogP contribution < -0.4 is 0 Å². The average molecular weight is 221 g/mol. The van der Waals surface area contributed by atoms with Crippen molar-refractivity contribution in [3.05, 3.63) is 28.8 Å². The highest BCUT2D eigenvalue weighted by Crippen LogP contribution is 2.21. The summed E-state index contributed by atoms with van der Waals surface area (Å²) in [5.41, 5.74) is 1.46. The molecule has 0 fully saturated rings. The van der Waals surface area contributed by atoms with E-state index in [9.17, 15) is 4.79 Å². The Morgan fingerprint density at radius 1 is 1.60 bits per heavy atom. The molecule has 0 saturated carbocycles. The van der Waals surface area contributed by atoms with Crippen LogP contribution in [0.25, 0.3) is 0 Å². The van der Waals surface area contributed by atoms with E-state index in [1.165, 1.54) is 0 Å². The van der Waals surface area contributed by atoms with E-state index in [1.807, 2.05) is 6.07 Å². The zero-order valence-corrected chi connectivity index (χ0v) is 9.47. The number of nitrogens with zero attached hydrogens (tertiary/aromatic N) is 1. The smallest absolute Gasteiger partial charge is 0.338 e. The fraction of sp³-hybridized carbons (Fsp3) is 0.273. The maximum Gasteiger partial charge on any atom is 0.338 e. The van der Waals surface area contributed by atoms with E-state index in [0.717, 1.165) is 0 Å². The van der Waals surface area contributed by atoms with Crippen LogP contribution in [0.5, 0.6) is 0 Å². The van der Waals surface area contributed by atoms with E-state index in [4.69, 9.17) is 10.00 Å². The van der Waals surface area contributed by atoms with E-state index >= 15 is 0 Å². The molecule has 0 saturated heterocycles. The van der Waals surface area contributed by atoms with Gasteiger partial charge in [0.15, 0.2) is 0 Å². The Morgan fingerprint density at radius 2 is 2.27 bits per heavy atom. The van der Waals surface area contributed by atoms with Gasteiger partial charge in [-0.05, 0) is 31.5 Å². The first-order valence-electron chi connectivity index (χ1n) is 4.51. The minimum Gasteiger partial charge on any atom is -0.462 e. The molecule has 3 nitrogen and oxygen atoms in total. The molecule has 78 valence electrons. The van der Waals surface area contributed by atoms with E-state index in [0.29, 0.717) is 28.2 Å². The number of carbonyl (C=O) groups is 1. The van der Waals surface area contributed by atoms with Gasteiger partial charge in [-0.3, -0.25) is 0 Å². The van der Waals surface area contributed by atoms with Crippen molar-refractivity contribution in [1.29, 1.82) is 5.26 Å². The highest BCUT2D eigenvalue weighted by molar-refractivity contribution is 7.80. The first kappa shape index (κ1) is 11.6.